The molecule has 9 nitrogen and oxygen atoms in total. The summed E-state index contributed by atoms with van der Waals surface area (Å²) in [6, 6.07) is 16.2. The second-order valence-corrected chi connectivity index (χ2v) is 10.1. The average Bonchev–Trinajstić information content (AvgIpc) is 3.43. The van der Waals surface area contributed by atoms with E-state index in [1.165, 1.54) is 26.4 Å². The van der Waals surface area contributed by atoms with Gasteiger partial charge < -0.3 is 24.8 Å². The minimum Gasteiger partial charge on any atom is -0.497 e. The molecule has 0 radical (unpaired) electrons. The molecule has 3 aromatic rings. The zero-order chi connectivity index (χ0) is 25.7. The molecule has 1 fully saturated rings. The van der Waals surface area contributed by atoms with E-state index in [0.29, 0.717) is 28.4 Å². The number of rotatable bonds is 9. The van der Waals surface area contributed by atoms with Crippen LogP contribution >= 0.6 is 0 Å². The van der Waals surface area contributed by atoms with E-state index in [0.717, 1.165) is 25.9 Å². The number of hydrogen-bond donors (Lipinski definition) is 2. The Bertz CT molecular complexity index is 1340. The highest BCUT2D eigenvalue weighted by atomic mass is 32.2. The lowest BCUT2D eigenvalue weighted by Gasteiger charge is -2.16. The van der Waals surface area contributed by atoms with Gasteiger partial charge in [0, 0.05) is 42.5 Å². The molecule has 3 aromatic carbocycles. The van der Waals surface area contributed by atoms with Gasteiger partial charge in [-0.05, 0) is 61.4 Å². The van der Waals surface area contributed by atoms with Crippen molar-refractivity contribution in [3.8, 4) is 23.0 Å². The summed E-state index contributed by atoms with van der Waals surface area (Å²) in [6.45, 7) is 1.51. The Kier molecular flexibility index (Phi) is 7.66. The van der Waals surface area contributed by atoms with Crippen LogP contribution in [0.1, 0.15) is 28.8 Å². The van der Waals surface area contributed by atoms with Crippen molar-refractivity contribution in [2.45, 2.75) is 24.3 Å². The third-order valence-electron chi connectivity index (χ3n) is 5.93. The van der Waals surface area contributed by atoms with E-state index in [4.69, 9.17) is 19.9 Å². The number of nitrogens with two attached hydrogens (primary N) is 1. The van der Waals surface area contributed by atoms with Crippen molar-refractivity contribution < 1.29 is 27.4 Å². The highest BCUT2D eigenvalue weighted by molar-refractivity contribution is 7.89. The first-order valence-corrected chi connectivity index (χ1v) is 13.0. The fraction of sp³-hybridized carbons (Fsp3) is 0.269. The molecule has 36 heavy (non-hydrogen) atoms. The number of anilines is 1. The molecule has 3 N–H and O–H groups in total. The number of hydrogen-bond acceptors (Lipinski definition) is 7. The van der Waals surface area contributed by atoms with Crippen molar-refractivity contribution in [2.24, 2.45) is 0 Å². The number of carbonyl (C=O) groups is 1. The molecule has 1 saturated heterocycles. The zero-order valence-corrected chi connectivity index (χ0v) is 21.0. The van der Waals surface area contributed by atoms with Crippen LogP contribution in [0.2, 0.25) is 0 Å². The van der Waals surface area contributed by atoms with Crippen molar-refractivity contribution in [3.05, 3.63) is 71.8 Å². The molecule has 4 rings (SSSR count). The zero-order valence-electron chi connectivity index (χ0n) is 20.2. The van der Waals surface area contributed by atoms with Gasteiger partial charge in [-0.1, -0.05) is 6.07 Å². The minimum atomic E-state index is -4.01. The molecule has 190 valence electrons. The van der Waals surface area contributed by atoms with Gasteiger partial charge in [0.1, 0.15) is 27.9 Å². The van der Waals surface area contributed by atoms with E-state index in [1.807, 2.05) is 4.90 Å². The Morgan fingerprint density at radius 1 is 0.917 bits per heavy atom. The van der Waals surface area contributed by atoms with E-state index in [9.17, 15) is 13.2 Å². The normalized spacial score (nSPS) is 13.4. The van der Waals surface area contributed by atoms with Gasteiger partial charge in [0.2, 0.25) is 10.0 Å². The number of carbonyl (C=O) groups excluding carboxylic acids is 1. The first-order chi connectivity index (χ1) is 17.3. The van der Waals surface area contributed by atoms with Gasteiger partial charge in [0.05, 0.1) is 14.2 Å². The van der Waals surface area contributed by atoms with Crippen LogP contribution in [0.15, 0.2) is 65.6 Å². The van der Waals surface area contributed by atoms with Crippen LogP contribution in [0.3, 0.4) is 0 Å². The first kappa shape index (κ1) is 25.3. The summed E-state index contributed by atoms with van der Waals surface area (Å²) in [5, 5.41) is 0. The monoisotopic (exact) mass is 511 g/mol. The lowest BCUT2D eigenvalue weighted by molar-refractivity contribution is 0.0793. The second-order valence-electron chi connectivity index (χ2n) is 8.33. The van der Waals surface area contributed by atoms with Crippen molar-refractivity contribution in [2.75, 3.05) is 33.0 Å². The molecular formula is C26H29N3O6S. The molecule has 1 amide bonds. The van der Waals surface area contributed by atoms with Gasteiger partial charge in [-0.15, -0.1) is 0 Å². The van der Waals surface area contributed by atoms with E-state index < -0.39 is 10.0 Å². The number of methoxy groups -OCH3 is 2. The van der Waals surface area contributed by atoms with E-state index >= 15 is 0 Å². The van der Waals surface area contributed by atoms with Crippen LogP contribution in [0.5, 0.6) is 23.0 Å². The maximum absolute atomic E-state index is 13.2. The summed E-state index contributed by atoms with van der Waals surface area (Å²) >= 11 is 0. The Hall–Kier alpha value is -3.76. The second kappa shape index (κ2) is 10.9. The van der Waals surface area contributed by atoms with Gasteiger partial charge >= 0.3 is 0 Å². The number of nitrogens with one attached hydrogen (secondary N) is 1. The molecule has 1 aliphatic heterocycles. The third kappa shape index (κ3) is 5.72. The minimum absolute atomic E-state index is 0.0168. The molecule has 1 heterocycles. The number of ether oxygens (including phenoxy) is 3. The summed E-state index contributed by atoms with van der Waals surface area (Å²) in [4.78, 5) is 14.3. The van der Waals surface area contributed by atoms with Crippen LogP contribution in [0, 0.1) is 0 Å². The Morgan fingerprint density at radius 3 is 2.28 bits per heavy atom. The van der Waals surface area contributed by atoms with Crippen LogP contribution in [0.4, 0.5) is 5.69 Å². The van der Waals surface area contributed by atoms with E-state index in [-0.39, 0.29) is 28.8 Å². The molecule has 1 aliphatic rings. The SMILES string of the molecule is COc1ccc(CNS(=O)(=O)c2cc(N)ccc2Oc2ccc(C(=O)N3CCCC3)cc2)c(OC)c1. The average molecular weight is 512 g/mol. The summed E-state index contributed by atoms with van der Waals surface area (Å²) in [6.07, 6.45) is 2.03. The number of benzene rings is 3. The van der Waals surface area contributed by atoms with Crippen LogP contribution < -0.4 is 24.7 Å². The molecule has 0 unspecified atom stereocenters. The molecule has 0 atom stereocenters. The van der Waals surface area contributed by atoms with Gasteiger partial charge in [-0.2, -0.15) is 0 Å². The summed E-state index contributed by atoms with van der Waals surface area (Å²) < 4.78 is 45.5. The van der Waals surface area contributed by atoms with Gasteiger partial charge in [-0.3, -0.25) is 4.79 Å². The Labute approximate surface area is 210 Å². The van der Waals surface area contributed by atoms with E-state index in [2.05, 4.69) is 4.72 Å². The molecular weight excluding hydrogens is 482 g/mol. The smallest absolute Gasteiger partial charge is 0.253 e. The predicted octanol–water partition coefficient (Wildman–Crippen LogP) is 3.79. The van der Waals surface area contributed by atoms with Crippen molar-refractivity contribution in [1.29, 1.82) is 0 Å². The molecule has 10 heteroatoms. The third-order valence-corrected chi connectivity index (χ3v) is 7.35. The highest BCUT2D eigenvalue weighted by Gasteiger charge is 2.22. The number of likely N-dealkylation sites (tertiary alicyclic amines) is 1. The van der Waals surface area contributed by atoms with Gasteiger partial charge in [0.25, 0.3) is 5.91 Å². The van der Waals surface area contributed by atoms with Gasteiger partial charge in [0.15, 0.2) is 0 Å². The predicted molar refractivity (Wildman–Crippen MR) is 136 cm³/mol. The maximum atomic E-state index is 13.2. The molecule has 0 aliphatic carbocycles. The maximum Gasteiger partial charge on any atom is 0.253 e. The van der Waals surface area contributed by atoms with Crippen LogP contribution in [-0.4, -0.2) is 46.5 Å². The lowest BCUT2D eigenvalue weighted by atomic mass is 10.2. The first-order valence-electron chi connectivity index (χ1n) is 11.5. The van der Waals surface area contributed by atoms with Crippen LogP contribution in [-0.2, 0) is 16.6 Å². The Balaban J connectivity index is 1.52. The molecule has 0 aromatic heterocycles. The quantitative estimate of drug-likeness (QED) is 0.419. The highest BCUT2D eigenvalue weighted by Crippen LogP contribution is 2.32. The fourth-order valence-corrected chi connectivity index (χ4v) is 5.13. The number of amides is 1. The van der Waals surface area contributed by atoms with Gasteiger partial charge in [-0.25, -0.2) is 13.1 Å². The number of nitrogen functional groups attached to an aromatic ring is 1. The molecule has 0 spiro atoms. The Morgan fingerprint density at radius 2 is 1.61 bits per heavy atom. The van der Waals surface area contributed by atoms with E-state index in [1.54, 1.807) is 48.5 Å². The number of nitrogens with zero attached hydrogens (tertiary/aromatic N) is 1. The number of sulfonamides is 1. The van der Waals surface area contributed by atoms with Crippen molar-refractivity contribution in [3.63, 3.8) is 0 Å². The summed E-state index contributed by atoms with van der Waals surface area (Å²) in [5.41, 5.74) is 7.36. The van der Waals surface area contributed by atoms with Crippen LogP contribution in [0.25, 0.3) is 0 Å². The molecule has 0 saturated carbocycles. The van der Waals surface area contributed by atoms with Crippen molar-refractivity contribution in [1.82, 2.24) is 9.62 Å². The lowest BCUT2D eigenvalue weighted by Crippen LogP contribution is -2.27. The largest absolute Gasteiger partial charge is 0.497 e. The topological polar surface area (TPSA) is 120 Å². The standard InChI is InChI=1S/C26H29N3O6S/c1-33-22-11-7-19(24(16-22)34-2)17-28-36(31,32)25-15-20(27)8-12-23(25)35-21-9-5-18(6-10-21)26(30)29-13-3-4-14-29/h5-12,15-16,28H,3-4,13-14,17,27H2,1-2H3. The summed E-state index contributed by atoms with van der Waals surface area (Å²) in [7, 11) is -0.968. The summed E-state index contributed by atoms with van der Waals surface area (Å²) in [5.74, 6) is 1.57. The van der Waals surface area contributed by atoms with Crippen molar-refractivity contribution >= 4 is 21.6 Å². The fourth-order valence-electron chi connectivity index (χ4n) is 3.96. The molecule has 0 bridgehead atoms.